The summed E-state index contributed by atoms with van der Waals surface area (Å²) in [5, 5.41) is 18.2. The van der Waals surface area contributed by atoms with Gasteiger partial charge in [-0.05, 0) is 62.1 Å². The number of piperazine rings is 1. The van der Waals surface area contributed by atoms with E-state index in [0.29, 0.717) is 116 Å². The Morgan fingerprint density at radius 2 is 1.41 bits per heavy atom. The summed E-state index contributed by atoms with van der Waals surface area (Å²) >= 11 is 0. The number of fused-ring (bicyclic) bond motifs is 3. The molecule has 2 aromatic carbocycles. The number of hydrogen-bond donors (Lipinski definition) is 4. The average molecular weight is 1010 g/mol. The molecule has 3 atom stereocenters. The number of amides is 5. The first kappa shape index (κ1) is 54.3. The number of aromatic nitrogens is 1. The Hall–Kier alpha value is -6.45. The molecular formula is C53H69N7O13. The van der Waals surface area contributed by atoms with Gasteiger partial charge in [0.05, 0.1) is 95.6 Å². The number of benzene rings is 2. The highest BCUT2D eigenvalue weighted by Gasteiger charge is 2.46. The third-order valence-corrected chi connectivity index (χ3v) is 13.0. The Morgan fingerprint density at radius 3 is 2.08 bits per heavy atom. The maximum Gasteiger partial charge on any atom is 0.264 e. The summed E-state index contributed by atoms with van der Waals surface area (Å²) in [5.41, 5.74) is 1.19. The predicted octanol–water partition coefficient (Wildman–Crippen LogP) is 4.27. The molecule has 5 amide bonds. The van der Waals surface area contributed by atoms with Crippen LogP contribution < -0.4 is 25.6 Å². The van der Waals surface area contributed by atoms with E-state index in [1.165, 1.54) is 6.07 Å². The molecule has 0 saturated carbocycles. The number of imide groups is 2. The Bertz CT molecular complexity index is 2350. The first-order valence-electron chi connectivity index (χ1n) is 25.5. The molecule has 3 fully saturated rings. The van der Waals surface area contributed by atoms with Gasteiger partial charge in [0.25, 0.3) is 11.8 Å². The van der Waals surface area contributed by atoms with Gasteiger partial charge in [-0.15, -0.1) is 0 Å². The SMILES string of the molecule is O=C(CCCCCCCCOc1ccc(N2C[C@H]3C[C@@H]2CN3/C=C/C(=O)c2ccccc2O)nc1)NCCOCCOCCOCCOCCOCCNc1cccc2c1C(=O)N(C1CCC(=O)NC1=O)C2=O. The molecule has 73 heavy (non-hydrogen) atoms. The van der Waals surface area contributed by atoms with Gasteiger partial charge in [-0.3, -0.25) is 39.0 Å². The second kappa shape index (κ2) is 28.7. The predicted molar refractivity (Wildman–Crippen MR) is 269 cm³/mol. The summed E-state index contributed by atoms with van der Waals surface area (Å²) in [6.07, 6.45) is 12.9. The molecule has 1 unspecified atom stereocenters. The number of pyridine rings is 1. The molecule has 0 radical (unpaired) electrons. The summed E-state index contributed by atoms with van der Waals surface area (Å²) in [4.78, 5) is 85.0. The molecule has 0 spiro atoms. The number of para-hydroxylation sites is 1. The second-order valence-electron chi connectivity index (χ2n) is 18.2. The van der Waals surface area contributed by atoms with Crippen LogP contribution in [0.15, 0.2) is 73.1 Å². The summed E-state index contributed by atoms with van der Waals surface area (Å²) in [5.74, 6) is -0.668. The number of nitrogens with zero attached hydrogens (tertiary/aromatic N) is 4. The van der Waals surface area contributed by atoms with Crippen LogP contribution >= 0.6 is 0 Å². The van der Waals surface area contributed by atoms with Crippen LogP contribution in [0.3, 0.4) is 0 Å². The van der Waals surface area contributed by atoms with Crippen LogP contribution in [-0.4, -0.2) is 172 Å². The van der Waals surface area contributed by atoms with Crippen molar-refractivity contribution in [2.24, 2.45) is 0 Å². The first-order chi connectivity index (χ1) is 35.7. The highest BCUT2D eigenvalue weighted by molar-refractivity contribution is 6.25. The minimum Gasteiger partial charge on any atom is -0.507 e. The van der Waals surface area contributed by atoms with Gasteiger partial charge in [0, 0.05) is 69.1 Å². The number of aromatic hydroxyl groups is 1. The largest absolute Gasteiger partial charge is 0.507 e. The van der Waals surface area contributed by atoms with E-state index in [9.17, 15) is 33.9 Å². The van der Waals surface area contributed by atoms with Crippen molar-refractivity contribution in [2.75, 3.05) is 109 Å². The number of ketones is 1. The number of allylic oxidation sites excluding steroid dienone is 1. The van der Waals surface area contributed by atoms with Crippen LogP contribution in [-0.2, 0) is 38.1 Å². The van der Waals surface area contributed by atoms with Crippen LogP contribution in [0.5, 0.6) is 11.5 Å². The fourth-order valence-electron chi connectivity index (χ4n) is 9.26. The number of unbranched alkanes of at least 4 members (excludes halogenated alkanes) is 5. The van der Waals surface area contributed by atoms with Crippen LogP contribution in [0.2, 0.25) is 0 Å². The minimum absolute atomic E-state index is 0.00680. The molecule has 1 aromatic heterocycles. The topological polar surface area (TPSA) is 237 Å². The van der Waals surface area contributed by atoms with Gasteiger partial charge in [0.1, 0.15) is 23.4 Å². The lowest BCUT2D eigenvalue weighted by Crippen LogP contribution is -2.54. The highest BCUT2D eigenvalue weighted by Crippen LogP contribution is 2.35. The number of phenolic OH excluding ortho intramolecular Hbond substituents is 1. The molecule has 3 aromatic rings. The Labute approximate surface area is 426 Å². The quantitative estimate of drug-likeness (QED) is 0.0283. The molecule has 20 heteroatoms. The van der Waals surface area contributed by atoms with E-state index < -0.39 is 29.7 Å². The number of carbonyl (C=O) groups excluding carboxylic acids is 6. The zero-order chi connectivity index (χ0) is 51.2. The van der Waals surface area contributed by atoms with Gasteiger partial charge >= 0.3 is 0 Å². The molecule has 5 heterocycles. The van der Waals surface area contributed by atoms with Crippen molar-refractivity contribution in [2.45, 2.75) is 82.3 Å². The Morgan fingerprint density at radius 1 is 0.726 bits per heavy atom. The summed E-state index contributed by atoms with van der Waals surface area (Å²) < 4.78 is 33.7. The lowest BCUT2D eigenvalue weighted by atomic mass is 10.0. The van der Waals surface area contributed by atoms with Crippen molar-refractivity contribution in [1.29, 1.82) is 0 Å². The van der Waals surface area contributed by atoms with Crippen LogP contribution in [0.25, 0.3) is 0 Å². The summed E-state index contributed by atoms with van der Waals surface area (Å²) in [7, 11) is 0. The summed E-state index contributed by atoms with van der Waals surface area (Å²) in [6, 6.07) is 15.1. The molecule has 20 nitrogen and oxygen atoms in total. The van der Waals surface area contributed by atoms with Gasteiger partial charge in [-0.1, -0.05) is 43.9 Å². The van der Waals surface area contributed by atoms with Crippen LogP contribution in [0.1, 0.15) is 95.3 Å². The van der Waals surface area contributed by atoms with Gasteiger partial charge in [-0.2, -0.15) is 0 Å². The number of nitrogens with one attached hydrogen (secondary N) is 3. The standard InChI is InChI=1S/C53H69N7O13/c61-45-13-7-6-10-41(45)46(62)19-22-58-36-39-34-38(58)37-59(39)47-17-15-40(35-56-47)73-23-8-4-2-1-3-5-14-48(63)55-21-25-69-27-29-71-31-33-72-32-30-70-28-26-68-24-20-54-43-12-9-11-42-50(43)53(67)60(52(42)66)44-16-18-49(64)57-51(44)65/h6-7,9-13,15,17,19,22,35,38-39,44,54,61H,1-5,8,14,16,18,20-21,23-34,36-37H2,(H,55,63)(H,57,64,65)/b22-19+/t38-,39-,44?/m1/s1. The van der Waals surface area contributed by atoms with E-state index in [2.05, 4.69) is 30.7 Å². The van der Waals surface area contributed by atoms with Crippen molar-refractivity contribution in [3.05, 3.63) is 89.8 Å². The lowest BCUT2D eigenvalue weighted by Gasteiger charge is -2.34. The Kier molecular flexibility index (Phi) is 21.4. The number of hydrogen-bond acceptors (Lipinski definition) is 17. The smallest absolute Gasteiger partial charge is 0.264 e. The molecule has 7 rings (SSSR count). The first-order valence-corrected chi connectivity index (χ1v) is 25.5. The van der Waals surface area contributed by atoms with E-state index in [-0.39, 0.29) is 41.4 Å². The third-order valence-electron chi connectivity index (χ3n) is 13.0. The lowest BCUT2D eigenvalue weighted by molar-refractivity contribution is -0.136. The molecule has 4 aliphatic heterocycles. The number of rotatable bonds is 34. The molecule has 0 aliphatic carbocycles. The van der Waals surface area contributed by atoms with Gasteiger partial charge in [0.15, 0.2) is 5.78 Å². The van der Waals surface area contributed by atoms with Crippen LogP contribution in [0.4, 0.5) is 11.5 Å². The fourth-order valence-corrected chi connectivity index (χ4v) is 9.26. The zero-order valence-corrected chi connectivity index (χ0v) is 41.5. The molecule has 4 N–H and O–H groups in total. The minimum atomic E-state index is -1.02. The van der Waals surface area contributed by atoms with E-state index in [1.807, 2.05) is 18.3 Å². The molecule has 2 bridgehead atoms. The van der Waals surface area contributed by atoms with Crippen molar-refractivity contribution in [1.82, 2.24) is 25.4 Å². The highest BCUT2D eigenvalue weighted by atomic mass is 16.6. The van der Waals surface area contributed by atoms with Gasteiger partial charge in [0.2, 0.25) is 17.7 Å². The number of anilines is 2. The monoisotopic (exact) mass is 1010 g/mol. The van der Waals surface area contributed by atoms with E-state index in [4.69, 9.17) is 28.4 Å². The Balaban J connectivity index is 0.589. The van der Waals surface area contributed by atoms with Crippen molar-refractivity contribution >= 4 is 46.8 Å². The van der Waals surface area contributed by atoms with Crippen LogP contribution in [0, 0.1) is 0 Å². The fraction of sp³-hybridized carbons (Fsp3) is 0.528. The third kappa shape index (κ3) is 16.0. The molecule has 4 aliphatic rings. The van der Waals surface area contributed by atoms with Gasteiger partial charge < -0.3 is 54.0 Å². The zero-order valence-electron chi connectivity index (χ0n) is 41.5. The molecule has 3 saturated heterocycles. The van der Waals surface area contributed by atoms with Crippen molar-refractivity contribution < 1.29 is 62.3 Å². The number of likely N-dealkylation sites (tertiary alicyclic amines) is 1. The molecule has 394 valence electrons. The molecular weight excluding hydrogens is 943 g/mol. The van der Waals surface area contributed by atoms with Crippen molar-refractivity contribution in [3.8, 4) is 11.5 Å². The maximum absolute atomic E-state index is 13.2. The number of ether oxygens (including phenoxy) is 6. The normalized spacial score (nSPS) is 18.2. The van der Waals surface area contributed by atoms with E-state index in [1.54, 1.807) is 48.7 Å². The van der Waals surface area contributed by atoms with Gasteiger partial charge in [-0.25, -0.2) is 4.98 Å². The second-order valence-corrected chi connectivity index (χ2v) is 18.2. The number of phenols is 1. The van der Waals surface area contributed by atoms with E-state index in [0.717, 1.165) is 74.5 Å². The number of piperidine rings is 1. The average Bonchev–Trinajstić information content (AvgIpc) is 4.07. The van der Waals surface area contributed by atoms with Crippen molar-refractivity contribution in [3.63, 3.8) is 0 Å². The number of carbonyl (C=O) groups is 6. The van der Waals surface area contributed by atoms with E-state index >= 15 is 0 Å². The maximum atomic E-state index is 13.2. The summed E-state index contributed by atoms with van der Waals surface area (Å²) in [6.45, 7) is 7.12.